The van der Waals surface area contributed by atoms with Gasteiger partial charge in [-0.2, -0.15) is 0 Å². The second-order valence-corrected chi connectivity index (χ2v) is 9.84. The zero-order valence-corrected chi connectivity index (χ0v) is 19.9. The van der Waals surface area contributed by atoms with Crippen LogP contribution in [-0.2, 0) is 4.74 Å². The molecule has 0 amide bonds. The van der Waals surface area contributed by atoms with Gasteiger partial charge in [-0.1, -0.05) is 74.3 Å². The first-order valence-electron chi connectivity index (χ1n) is 10.7. The second kappa shape index (κ2) is 10.2. The molecule has 2 aromatic rings. The highest BCUT2D eigenvalue weighted by molar-refractivity contribution is 6.30. The van der Waals surface area contributed by atoms with Crippen molar-refractivity contribution in [2.45, 2.75) is 51.7 Å². The minimum atomic E-state index is -0.734. The van der Waals surface area contributed by atoms with E-state index in [0.717, 1.165) is 17.0 Å². The maximum Gasteiger partial charge on any atom is 0.190 e. The highest BCUT2D eigenvalue weighted by atomic mass is 35.5. The summed E-state index contributed by atoms with van der Waals surface area (Å²) in [4.78, 5) is 4.91. The van der Waals surface area contributed by atoms with Crippen molar-refractivity contribution >= 4 is 29.1 Å². The first kappa shape index (κ1) is 23.8. The Morgan fingerprint density at radius 2 is 1.87 bits per heavy atom. The quantitative estimate of drug-likeness (QED) is 0.401. The molecule has 0 bridgehead atoms. The number of aliphatic imine (C=N–C) groups is 1. The van der Waals surface area contributed by atoms with Crippen LogP contribution in [0.4, 0.5) is 0 Å². The molecule has 1 N–H and O–H groups in total. The van der Waals surface area contributed by atoms with Crippen LogP contribution < -0.4 is 0 Å². The van der Waals surface area contributed by atoms with E-state index in [1.165, 1.54) is 0 Å². The molecule has 166 valence electrons. The van der Waals surface area contributed by atoms with Crippen LogP contribution in [0.1, 0.15) is 56.8 Å². The topological polar surface area (TPSA) is 41.8 Å². The van der Waals surface area contributed by atoms with Gasteiger partial charge in [-0.15, -0.1) is 6.58 Å². The number of nitrogens with zero attached hydrogens (tertiary/aromatic N) is 1. The van der Waals surface area contributed by atoms with Gasteiger partial charge in [0.15, 0.2) is 5.90 Å². The van der Waals surface area contributed by atoms with Crippen LogP contribution in [-0.4, -0.2) is 23.7 Å². The van der Waals surface area contributed by atoms with Crippen LogP contribution in [0.2, 0.25) is 10.0 Å². The van der Waals surface area contributed by atoms with Crippen molar-refractivity contribution in [3.8, 4) is 0 Å². The zero-order valence-electron chi connectivity index (χ0n) is 18.4. The van der Waals surface area contributed by atoms with Gasteiger partial charge in [0.1, 0.15) is 6.61 Å². The average molecular weight is 460 g/mol. The molecule has 3 rings (SSSR count). The van der Waals surface area contributed by atoms with E-state index in [1.807, 2.05) is 42.5 Å². The Morgan fingerprint density at radius 3 is 2.45 bits per heavy atom. The van der Waals surface area contributed by atoms with Gasteiger partial charge in [0.2, 0.25) is 0 Å². The number of halogens is 2. The first-order valence-corrected chi connectivity index (χ1v) is 11.5. The number of benzene rings is 2. The van der Waals surface area contributed by atoms with E-state index in [0.29, 0.717) is 35.4 Å². The summed E-state index contributed by atoms with van der Waals surface area (Å²) in [6.45, 7) is 11.0. The fourth-order valence-electron chi connectivity index (χ4n) is 4.16. The molecule has 0 saturated heterocycles. The third kappa shape index (κ3) is 5.71. The molecule has 0 saturated carbocycles. The van der Waals surface area contributed by atoms with Crippen molar-refractivity contribution in [3.63, 3.8) is 0 Å². The molecule has 0 aromatic heterocycles. The van der Waals surface area contributed by atoms with Gasteiger partial charge in [0.05, 0.1) is 12.1 Å². The molecular weight excluding hydrogens is 429 g/mol. The Kier molecular flexibility index (Phi) is 7.85. The molecule has 0 spiro atoms. The summed E-state index contributed by atoms with van der Waals surface area (Å²) in [5, 5.41) is 12.7. The molecule has 0 radical (unpaired) electrons. The van der Waals surface area contributed by atoms with Crippen LogP contribution >= 0.6 is 23.2 Å². The highest BCUT2D eigenvalue weighted by Gasteiger charge is 2.40. The summed E-state index contributed by atoms with van der Waals surface area (Å²) in [5.41, 5.74) is 1.39. The molecular formula is C26H31Cl2NO2. The lowest BCUT2D eigenvalue weighted by Crippen LogP contribution is -2.31. The molecule has 0 aliphatic carbocycles. The molecule has 0 fully saturated rings. The molecule has 31 heavy (non-hydrogen) atoms. The summed E-state index contributed by atoms with van der Waals surface area (Å²) in [5.74, 6) is 0.949. The minimum Gasteiger partial charge on any atom is -0.478 e. The number of aliphatic hydroxyl groups excluding tert-OH is 1. The van der Waals surface area contributed by atoms with Gasteiger partial charge >= 0.3 is 0 Å². The zero-order chi connectivity index (χ0) is 22.6. The minimum absolute atomic E-state index is 0.157. The summed E-state index contributed by atoms with van der Waals surface area (Å²) < 4.78 is 6.08. The second-order valence-electron chi connectivity index (χ2n) is 8.97. The first-order chi connectivity index (χ1) is 14.7. The van der Waals surface area contributed by atoms with Crippen molar-refractivity contribution in [1.29, 1.82) is 0 Å². The Hall–Kier alpha value is -1.81. The lowest BCUT2D eigenvalue weighted by Gasteiger charge is -2.34. The molecule has 1 heterocycles. The fourth-order valence-corrected chi connectivity index (χ4v) is 4.49. The number of hydrogen-bond acceptors (Lipinski definition) is 3. The SMILES string of the molecule is C=CC[C@@](C)(CC(c1cccc(Cl)c1)[C@@H](O)c1ccc(Cl)cc1)C1=NC(C(C)C)CO1. The van der Waals surface area contributed by atoms with Gasteiger partial charge in [-0.3, -0.25) is 0 Å². The molecule has 1 aliphatic heterocycles. The number of aliphatic hydroxyl groups is 1. The van der Waals surface area contributed by atoms with E-state index in [1.54, 1.807) is 12.1 Å². The average Bonchev–Trinajstić information content (AvgIpc) is 3.24. The maximum absolute atomic E-state index is 11.4. The van der Waals surface area contributed by atoms with Gasteiger partial charge in [0.25, 0.3) is 0 Å². The van der Waals surface area contributed by atoms with Gasteiger partial charge in [-0.05, 0) is 54.2 Å². The third-order valence-corrected chi connectivity index (χ3v) is 6.58. The molecule has 2 aromatic carbocycles. The van der Waals surface area contributed by atoms with Crippen molar-refractivity contribution < 1.29 is 9.84 Å². The van der Waals surface area contributed by atoms with Crippen LogP contribution in [0, 0.1) is 11.3 Å². The van der Waals surface area contributed by atoms with E-state index in [-0.39, 0.29) is 12.0 Å². The van der Waals surface area contributed by atoms with E-state index >= 15 is 0 Å². The molecule has 1 aliphatic rings. The largest absolute Gasteiger partial charge is 0.478 e. The summed E-state index contributed by atoms with van der Waals surface area (Å²) in [6, 6.07) is 15.2. The van der Waals surface area contributed by atoms with Gasteiger partial charge < -0.3 is 9.84 Å². The summed E-state index contributed by atoms with van der Waals surface area (Å²) >= 11 is 12.4. The van der Waals surface area contributed by atoms with E-state index in [4.69, 9.17) is 32.9 Å². The standard InChI is InChI=1S/C26H31Cl2NO2/c1-5-13-26(4,25-29-23(16-31-25)17(2)3)15-22(19-7-6-8-21(28)14-19)24(30)18-9-11-20(27)12-10-18/h5-12,14,17,22-24,30H,1,13,15-16H2,2-4H3/t22?,23?,24-,26-/m0/s1. The van der Waals surface area contributed by atoms with E-state index in [2.05, 4.69) is 27.4 Å². The normalized spacial score (nSPS) is 20.0. The number of hydrogen-bond donors (Lipinski definition) is 1. The van der Waals surface area contributed by atoms with Crippen molar-refractivity contribution in [1.82, 2.24) is 0 Å². The van der Waals surface area contributed by atoms with Crippen LogP contribution in [0.25, 0.3) is 0 Å². The molecule has 2 unspecified atom stereocenters. The highest BCUT2D eigenvalue weighted by Crippen LogP contribution is 2.44. The van der Waals surface area contributed by atoms with Gasteiger partial charge in [0, 0.05) is 21.4 Å². The van der Waals surface area contributed by atoms with Crippen LogP contribution in [0.3, 0.4) is 0 Å². The monoisotopic (exact) mass is 459 g/mol. The molecule has 3 nitrogen and oxygen atoms in total. The summed E-state index contributed by atoms with van der Waals surface area (Å²) in [6.07, 6.45) is 2.49. The fraction of sp³-hybridized carbons (Fsp3) is 0.423. The van der Waals surface area contributed by atoms with E-state index in [9.17, 15) is 5.11 Å². The summed E-state index contributed by atoms with van der Waals surface area (Å²) in [7, 11) is 0. The molecule has 4 atom stereocenters. The van der Waals surface area contributed by atoms with Crippen molar-refractivity contribution in [2.75, 3.05) is 6.61 Å². The number of ether oxygens (including phenoxy) is 1. The van der Waals surface area contributed by atoms with Gasteiger partial charge in [-0.25, -0.2) is 4.99 Å². The van der Waals surface area contributed by atoms with E-state index < -0.39 is 11.5 Å². The predicted octanol–water partition coefficient (Wildman–Crippen LogP) is 7.24. The third-order valence-electron chi connectivity index (χ3n) is 6.09. The lowest BCUT2D eigenvalue weighted by molar-refractivity contribution is 0.121. The maximum atomic E-state index is 11.4. The Balaban J connectivity index is 2.00. The van der Waals surface area contributed by atoms with Crippen molar-refractivity contribution in [3.05, 3.63) is 82.4 Å². The Labute approximate surface area is 195 Å². The predicted molar refractivity (Wildman–Crippen MR) is 130 cm³/mol. The molecule has 5 heteroatoms. The number of allylic oxidation sites excluding steroid dienone is 1. The number of rotatable bonds is 9. The van der Waals surface area contributed by atoms with Crippen LogP contribution in [0.15, 0.2) is 66.2 Å². The Morgan fingerprint density at radius 1 is 1.16 bits per heavy atom. The smallest absolute Gasteiger partial charge is 0.190 e. The van der Waals surface area contributed by atoms with Crippen LogP contribution in [0.5, 0.6) is 0 Å². The van der Waals surface area contributed by atoms with Crippen molar-refractivity contribution in [2.24, 2.45) is 16.3 Å². The lowest BCUT2D eigenvalue weighted by atomic mass is 9.73. The Bertz CT molecular complexity index is 925.